The number of rotatable bonds is 8. The molecule has 3 nitrogen and oxygen atoms in total. The highest BCUT2D eigenvalue weighted by Gasteiger charge is 2.14. The third kappa shape index (κ3) is 3.55. The lowest BCUT2D eigenvalue weighted by Crippen LogP contribution is -2.31. The van der Waals surface area contributed by atoms with E-state index in [1.165, 1.54) is 23.5 Å². The number of para-hydroxylation sites is 2. The second kappa shape index (κ2) is 7.70. The molecule has 0 spiro atoms. The van der Waals surface area contributed by atoms with Crippen LogP contribution in [0.5, 0.6) is 0 Å². The van der Waals surface area contributed by atoms with Crippen LogP contribution in [0.3, 0.4) is 0 Å². The molecule has 20 heavy (non-hydrogen) atoms. The summed E-state index contributed by atoms with van der Waals surface area (Å²) in [5.41, 5.74) is 2.36. The van der Waals surface area contributed by atoms with Gasteiger partial charge in [0.2, 0.25) is 0 Å². The summed E-state index contributed by atoms with van der Waals surface area (Å²) < 4.78 is 2.34. The summed E-state index contributed by atoms with van der Waals surface area (Å²) >= 11 is 2.03. The van der Waals surface area contributed by atoms with Gasteiger partial charge in [-0.25, -0.2) is 4.98 Å². The van der Waals surface area contributed by atoms with Crippen molar-refractivity contribution < 1.29 is 0 Å². The Morgan fingerprint density at radius 3 is 2.80 bits per heavy atom. The fraction of sp³-hybridized carbons (Fsp3) is 0.562. The molecule has 1 aromatic carbocycles. The number of hydrogen-bond acceptors (Lipinski definition) is 3. The zero-order chi connectivity index (χ0) is 14.4. The van der Waals surface area contributed by atoms with Crippen molar-refractivity contribution >= 4 is 22.8 Å². The number of likely N-dealkylation sites (N-methyl/N-ethyl adjacent to an activating group) is 1. The Labute approximate surface area is 126 Å². The van der Waals surface area contributed by atoms with Gasteiger partial charge in [-0.3, -0.25) is 0 Å². The van der Waals surface area contributed by atoms with E-state index >= 15 is 0 Å². The molecule has 1 atom stereocenters. The Bertz CT molecular complexity index is 536. The topological polar surface area (TPSA) is 29.9 Å². The molecule has 2 rings (SSSR count). The number of hydrogen-bond donors (Lipinski definition) is 1. The lowest BCUT2D eigenvalue weighted by atomic mass is 10.2. The molecule has 110 valence electrons. The van der Waals surface area contributed by atoms with Crippen LogP contribution >= 0.6 is 11.8 Å². The molecular formula is C16H25N3S. The number of thioether (sulfide) groups is 1. The molecule has 0 amide bonds. The zero-order valence-corrected chi connectivity index (χ0v) is 13.5. The predicted molar refractivity (Wildman–Crippen MR) is 89.6 cm³/mol. The Balaban J connectivity index is 2.14. The maximum absolute atomic E-state index is 4.81. The normalized spacial score (nSPS) is 12.9. The number of aryl methyl sites for hydroxylation is 1. The van der Waals surface area contributed by atoms with Crippen molar-refractivity contribution in [1.29, 1.82) is 0 Å². The zero-order valence-electron chi connectivity index (χ0n) is 12.7. The van der Waals surface area contributed by atoms with Gasteiger partial charge >= 0.3 is 0 Å². The van der Waals surface area contributed by atoms with E-state index in [0.717, 1.165) is 24.2 Å². The summed E-state index contributed by atoms with van der Waals surface area (Å²) in [4.78, 5) is 4.81. The summed E-state index contributed by atoms with van der Waals surface area (Å²) in [5.74, 6) is 3.59. The Hall–Kier alpha value is -1.00. The molecule has 0 saturated carbocycles. The van der Waals surface area contributed by atoms with Gasteiger partial charge in [0.25, 0.3) is 0 Å². The largest absolute Gasteiger partial charge is 0.328 e. The fourth-order valence-corrected chi connectivity index (χ4v) is 3.49. The number of aromatic nitrogens is 2. The lowest BCUT2D eigenvalue weighted by Gasteiger charge is -2.16. The van der Waals surface area contributed by atoms with E-state index in [2.05, 4.69) is 55.0 Å². The van der Waals surface area contributed by atoms with E-state index in [1.807, 2.05) is 11.8 Å². The Morgan fingerprint density at radius 2 is 2.10 bits per heavy atom. The minimum atomic E-state index is 0.494. The van der Waals surface area contributed by atoms with E-state index in [4.69, 9.17) is 4.98 Å². The SMILES string of the molecule is CCCSCC(Cc1nc2ccccc2n1CC)NC. The average Bonchev–Trinajstić information content (AvgIpc) is 2.83. The first-order valence-electron chi connectivity index (χ1n) is 7.49. The van der Waals surface area contributed by atoms with Crippen molar-refractivity contribution in [2.24, 2.45) is 0 Å². The summed E-state index contributed by atoms with van der Waals surface area (Å²) in [7, 11) is 2.05. The van der Waals surface area contributed by atoms with Crippen molar-refractivity contribution in [1.82, 2.24) is 14.9 Å². The van der Waals surface area contributed by atoms with E-state index < -0.39 is 0 Å². The van der Waals surface area contributed by atoms with Crippen molar-refractivity contribution in [2.75, 3.05) is 18.6 Å². The van der Waals surface area contributed by atoms with Gasteiger partial charge in [-0.2, -0.15) is 11.8 Å². The monoisotopic (exact) mass is 291 g/mol. The van der Waals surface area contributed by atoms with Crippen LogP contribution in [-0.2, 0) is 13.0 Å². The second-order valence-electron chi connectivity index (χ2n) is 5.03. The smallest absolute Gasteiger partial charge is 0.111 e. The van der Waals surface area contributed by atoms with Crippen LogP contribution < -0.4 is 5.32 Å². The van der Waals surface area contributed by atoms with Gasteiger partial charge in [0, 0.05) is 24.8 Å². The molecular weight excluding hydrogens is 266 g/mol. The van der Waals surface area contributed by atoms with Gasteiger partial charge in [0.1, 0.15) is 5.82 Å². The third-order valence-electron chi connectivity index (χ3n) is 3.55. The third-order valence-corrected chi connectivity index (χ3v) is 4.89. The highest BCUT2D eigenvalue weighted by atomic mass is 32.2. The number of benzene rings is 1. The molecule has 1 unspecified atom stereocenters. The second-order valence-corrected chi connectivity index (χ2v) is 6.18. The Morgan fingerprint density at radius 1 is 1.30 bits per heavy atom. The number of nitrogens with zero attached hydrogens (tertiary/aromatic N) is 2. The van der Waals surface area contributed by atoms with Crippen molar-refractivity contribution in [3.8, 4) is 0 Å². The van der Waals surface area contributed by atoms with Gasteiger partial charge < -0.3 is 9.88 Å². The van der Waals surface area contributed by atoms with Crippen LogP contribution in [0.2, 0.25) is 0 Å². The molecule has 1 aromatic heterocycles. The summed E-state index contributed by atoms with van der Waals surface area (Å²) in [6.07, 6.45) is 2.24. The van der Waals surface area contributed by atoms with Crippen LogP contribution in [0.1, 0.15) is 26.1 Å². The van der Waals surface area contributed by atoms with Crippen LogP contribution in [-0.4, -0.2) is 34.1 Å². The van der Waals surface area contributed by atoms with Crippen molar-refractivity contribution in [3.63, 3.8) is 0 Å². The molecule has 0 saturated heterocycles. The minimum Gasteiger partial charge on any atom is -0.328 e. The molecule has 0 aliphatic rings. The average molecular weight is 291 g/mol. The number of imidazole rings is 1. The van der Waals surface area contributed by atoms with E-state index in [9.17, 15) is 0 Å². The summed E-state index contributed by atoms with van der Waals surface area (Å²) in [6.45, 7) is 5.41. The first kappa shape index (κ1) is 15.4. The first-order chi connectivity index (χ1) is 9.80. The van der Waals surface area contributed by atoms with Crippen LogP contribution in [0, 0.1) is 0 Å². The first-order valence-corrected chi connectivity index (χ1v) is 8.64. The molecule has 4 heteroatoms. The van der Waals surface area contributed by atoms with Gasteiger partial charge in [-0.15, -0.1) is 0 Å². The van der Waals surface area contributed by atoms with Crippen LogP contribution in [0.25, 0.3) is 11.0 Å². The van der Waals surface area contributed by atoms with Gasteiger partial charge in [0.15, 0.2) is 0 Å². The molecule has 0 aliphatic heterocycles. The van der Waals surface area contributed by atoms with Gasteiger partial charge in [-0.1, -0.05) is 19.1 Å². The molecule has 1 heterocycles. The van der Waals surface area contributed by atoms with E-state index in [0.29, 0.717) is 6.04 Å². The van der Waals surface area contributed by atoms with Crippen LogP contribution in [0.4, 0.5) is 0 Å². The van der Waals surface area contributed by atoms with E-state index in [1.54, 1.807) is 0 Å². The van der Waals surface area contributed by atoms with Crippen molar-refractivity contribution in [2.45, 2.75) is 39.3 Å². The molecule has 0 aliphatic carbocycles. The quantitative estimate of drug-likeness (QED) is 0.757. The Kier molecular flexibility index (Phi) is 5.92. The predicted octanol–water partition coefficient (Wildman–Crippen LogP) is 3.33. The standard InChI is InChI=1S/C16H25N3S/c1-4-10-20-12-13(17-3)11-16-18-14-8-6-7-9-15(14)19(16)5-2/h6-9,13,17H,4-5,10-12H2,1-3H3. The fourth-order valence-electron chi connectivity index (χ4n) is 2.47. The molecule has 0 bridgehead atoms. The lowest BCUT2D eigenvalue weighted by molar-refractivity contribution is 0.577. The van der Waals surface area contributed by atoms with Crippen LogP contribution in [0.15, 0.2) is 24.3 Å². The number of nitrogens with one attached hydrogen (secondary N) is 1. The molecule has 1 N–H and O–H groups in total. The highest BCUT2D eigenvalue weighted by molar-refractivity contribution is 7.99. The minimum absolute atomic E-state index is 0.494. The number of fused-ring (bicyclic) bond motifs is 1. The van der Waals surface area contributed by atoms with E-state index in [-0.39, 0.29) is 0 Å². The van der Waals surface area contributed by atoms with Crippen molar-refractivity contribution in [3.05, 3.63) is 30.1 Å². The summed E-state index contributed by atoms with van der Waals surface area (Å²) in [5, 5.41) is 3.43. The summed E-state index contributed by atoms with van der Waals surface area (Å²) in [6, 6.07) is 8.91. The molecule has 0 radical (unpaired) electrons. The molecule has 0 fully saturated rings. The highest BCUT2D eigenvalue weighted by Crippen LogP contribution is 2.18. The maximum atomic E-state index is 4.81. The van der Waals surface area contributed by atoms with Gasteiger partial charge in [-0.05, 0) is 38.3 Å². The van der Waals surface area contributed by atoms with Gasteiger partial charge in [0.05, 0.1) is 11.0 Å². The molecule has 2 aromatic rings. The maximum Gasteiger partial charge on any atom is 0.111 e.